The van der Waals surface area contributed by atoms with E-state index in [2.05, 4.69) is 20.8 Å². The number of aliphatic hydroxyl groups is 1. The summed E-state index contributed by atoms with van der Waals surface area (Å²) in [6, 6.07) is 14.0. The number of hydrogen-bond acceptors (Lipinski definition) is 6. The Kier molecular flexibility index (Phi) is 5.82. The third-order valence-electron chi connectivity index (χ3n) is 6.35. The highest BCUT2D eigenvalue weighted by atomic mass is 35.5. The number of likely N-dealkylation sites (tertiary alicyclic amines) is 1. The van der Waals surface area contributed by atoms with Crippen LogP contribution in [-0.2, 0) is 22.6 Å². The largest absolute Gasteiger partial charge is 0.383 e. The van der Waals surface area contributed by atoms with Gasteiger partial charge in [-0.15, -0.1) is 5.10 Å². The molecule has 2 heterocycles. The van der Waals surface area contributed by atoms with Gasteiger partial charge in [-0.3, -0.25) is 9.59 Å². The van der Waals surface area contributed by atoms with Crippen LogP contribution in [0.3, 0.4) is 0 Å². The highest BCUT2D eigenvalue weighted by Gasteiger charge is 2.57. The second-order valence-corrected chi connectivity index (χ2v) is 8.98. The molecule has 1 aliphatic carbocycles. The molecule has 2 aliphatic rings. The van der Waals surface area contributed by atoms with E-state index in [4.69, 9.17) is 11.6 Å². The van der Waals surface area contributed by atoms with E-state index in [9.17, 15) is 14.7 Å². The van der Waals surface area contributed by atoms with Gasteiger partial charge in [0.05, 0.1) is 5.69 Å². The maximum absolute atomic E-state index is 13.2. The van der Waals surface area contributed by atoms with Crippen LogP contribution in [0, 0.1) is 11.8 Å². The molecule has 0 radical (unpaired) electrons. The van der Waals surface area contributed by atoms with Crippen molar-refractivity contribution in [3.8, 4) is 5.69 Å². The van der Waals surface area contributed by atoms with Crippen LogP contribution in [-0.4, -0.2) is 60.7 Å². The number of benzene rings is 2. The Morgan fingerprint density at radius 3 is 2.79 bits per heavy atom. The standard InChI is InChI=1S/C23H23ClN6O3/c24-17-6-7-19(30-13-26-27-28-30)15(9-17)11-25-22(32)21-18-10-16(18)12-29(21)23(33)20(31)8-14-4-2-1-3-5-14/h1-7,9,13,16,18,20-21,31H,8,10-12H2,(H,25,32)/t16-,18-,20-,21+/m1/s1. The summed E-state index contributed by atoms with van der Waals surface area (Å²) < 4.78 is 1.50. The Labute approximate surface area is 195 Å². The van der Waals surface area contributed by atoms with Gasteiger partial charge in [0, 0.05) is 24.5 Å². The van der Waals surface area contributed by atoms with Gasteiger partial charge >= 0.3 is 0 Å². The minimum absolute atomic E-state index is 0.135. The van der Waals surface area contributed by atoms with E-state index in [1.165, 1.54) is 11.0 Å². The molecular formula is C23H23ClN6O3. The first-order valence-corrected chi connectivity index (χ1v) is 11.2. The van der Waals surface area contributed by atoms with E-state index in [0.717, 1.165) is 17.5 Å². The van der Waals surface area contributed by atoms with Gasteiger partial charge in [-0.05, 0) is 58.0 Å². The van der Waals surface area contributed by atoms with Gasteiger partial charge in [-0.25, -0.2) is 4.68 Å². The highest BCUT2D eigenvalue weighted by Crippen LogP contribution is 2.49. The fourth-order valence-corrected chi connectivity index (χ4v) is 4.82. The van der Waals surface area contributed by atoms with Crippen molar-refractivity contribution in [1.29, 1.82) is 0 Å². The molecule has 1 saturated heterocycles. The molecule has 1 aromatic heterocycles. The normalized spacial score (nSPS) is 22.0. The summed E-state index contributed by atoms with van der Waals surface area (Å²) in [4.78, 5) is 27.7. The summed E-state index contributed by atoms with van der Waals surface area (Å²) in [7, 11) is 0. The van der Waals surface area contributed by atoms with E-state index >= 15 is 0 Å². The van der Waals surface area contributed by atoms with Gasteiger partial charge in [0.15, 0.2) is 0 Å². The summed E-state index contributed by atoms with van der Waals surface area (Å²) in [5, 5.41) is 25.2. The zero-order valence-corrected chi connectivity index (χ0v) is 18.5. The van der Waals surface area contributed by atoms with Crippen LogP contribution in [0.5, 0.6) is 0 Å². The first-order valence-electron chi connectivity index (χ1n) is 10.8. The Morgan fingerprint density at radius 2 is 2.03 bits per heavy atom. The smallest absolute Gasteiger partial charge is 0.252 e. The molecule has 0 spiro atoms. The third kappa shape index (κ3) is 4.46. The number of nitrogens with one attached hydrogen (secondary N) is 1. The Morgan fingerprint density at radius 1 is 1.21 bits per heavy atom. The van der Waals surface area contributed by atoms with Crippen molar-refractivity contribution in [2.24, 2.45) is 11.8 Å². The average Bonchev–Trinajstić information content (AvgIpc) is 3.21. The molecule has 170 valence electrons. The van der Waals surface area contributed by atoms with Gasteiger partial charge in [-0.2, -0.15) is 0 Å². The SMILES string of the molecule is O=C(NCc1cc(Cl)ccc1-n1cnnn1)[C@@H]1[C@@H]2C[C@@H]2CN1C(=O)[C@H](O)Cc1ccccc1. The van der Waals surface area contributed by atoms with Gasteiger partial charge in [0.2, 0.25) is 5.91 Å². The number of hydrogen-bond donors (Lipinski definition) is 2. The number of amides is 2. The molecule has 0 unspecified atom stereocenters. The monoisotopic (exact) mass is 466 g/mol. The zero-order chi connectivity index (χ0) is 22.9. The summed E-state index contributed by atoms with van der Waals surface area (Å²) in [6.45, 7) is 0.706. The summed E-state index contributed by atoms with van der Waals surface area (Å²) in [5.41, 5.74) is 2.32. The van der Waals surface area contributed by atoms with Crippen molar-refractivity contribution in [2.75, 3.05) is 6.54 Å². The van der Waals surface area contributed by atoms with E-state index in [1.54, 1.807) is 23.1 Å². The number of aliphatic hydroxyl groups excluding tert-OH is 1. The van der Waals surface area contributed by atoms with Gasteiger partial charge in [0.1, 0.15) is 18.5 Å². The predicted octanol–water partition coefficient (Wildman–Crippen LogP) is 1.38. The highest BCUT2D eigenvalue weighted by molar-refractivity contribution is 6.30. The Balaban J connectivity index is 1.27. The molecule has 2 amide bonds. The maximum atomic E-state index is 13.2. The molecule has 4 atom stereocenters. The van der Waals surface area contributed by atoms with Crippen molar-refractivity contribution in [1.82, 2.24) is 30.4 Å². The number of halogens is 1. The number of rotatable bonds is 7. The van der Waals surface area contributed by atoms with Crippen LogP contribution in [0.2, 0.25) is 5.02 Å². The van der Waals surface area contributed by atoms with Gasteiger partial charge in [-0.1, -0.05) is 41.9 Å². The van der Waals surface area contributed by atoms with E-state index in [1.807, 2.05) is 30.3 Å². The van der Waals surface area contributed by atoms with Crippen LogP contribution in [0.15, 0.2) is 54.9 Å². The average molecular weight is 467 g/mol. The number of piperidine rings is 1. The first-order chi connectivity index (χ1) is 16.0. The number of aromatic nitrogens is 4. The second kappa shape index (κ2) is 8.92. The number of fused-ring (bicyclic) bond motifs is 1. The number of tetrazole rings is 1. The number of carbonyl (C=O) groups is 2. The molecule has 0 bridgehead atoms. The molecule has 10 heteroatoms. The lowest BCUT2D eigenvalue weighted by Crippen LogP contribution is -2.51. The predicted molar refractivity (Wildman–Crippen MR) is 119 cm³/mol. The first kappa shape index (κ1) is 21.5. The van der Waals surface area contributed by atoms with Crippen LogP contribution >= 0.6 is 11.6 Å². The molecule has 1 saturated carbocycles. The summed E-state index contributed by atoms with van der Waals surface area (Å²) in [5.74, 6) is -0.181. The lowest BCUT2D eigenvalue weighted by atomic mass is 10.1. The summed E-state index contributed by atoms with van der Waals surface area (Å²) in [6.07, 6.45) is 1.43. The second-order valence-electron chi connectivity index (χ2n) is 8.55. The van der Waals surface area contributed by atoms with E-state index in [0.29, 0.717) is 23.2 Å². The number of carbonyl (C=O) groups excluding carboxylic acids is 2. The molecule has 9 nitrogen and oxygen atoms in total. The van der Waals surface area contributed by atoms with Gasteiger partial charge in [0.25, 0.3) is 5.91 Å². The van der Waals surface area contributed by atoms with Crippen LogP contribution in [0.1, 0.15) is 17.5 Å². The molecule has 5 rings (SSSR count). The van der Waals surface area contributed by atoms with Crippen molar-refractivity contribution in [3.05, 3.63) is 71.0 Å². The van der Waals surface area contributed by atoms with Crippen LogP contribution in [0.25, 0.3) is 5.69 Å². The van der Waals surface area contributed by atoms with E-state index < -0.39 is 18.1 Å². The molecule has 2 fully saturated rings. The molecule has 1 aliphatic heterocycles. The van der Waals surface area contributed by atoms with Crippen molar-refractivity contribution < 1.29 is 14.7 Å². The minimum atomic E-state index is -1.18. The minimum Gasteiger partial charge on any atom is -0.383 e. The topological polar surface area (TPSA) is 113 Å². The Bertz CT molecular complexity index is 1160. The van der Waals surface area contributed by atoms with Crippen molar-refractivity contribution in [2.45, 2.75) is 31.5 Å². The number of nitrogens with zero attached hydrogens (tertiary/aromatic N) is 5. The Hall–Kier alpha value is -3.30. The van der Waals surface area contributed by atoms with Crippen molar-refractivity contribution >= 4 is 23.4 Å². The maximum Gasteiger partial charge on any atom is 0.252 e. The molecule has 2 aromatic carbocycles. The summed E-state index contributed by atoms with van der Waals surface area (Å²) >= 11 is 6.16. The molecule has 33 heavy (non-hydrogen) atoms. The van der Waals surface area contributed by atoms with E-state index in [-0.39, 0.29) is 24.8 Å². The quantitative estimate of drug-likeness (QED) is 0.544. The molecule has 2 N–H and O–H groups in total. The zero-order valence-electron chi connectivity index (χ0n) is 17.7. The van der Waals surface area contributed by atoms with Crippen molar-refractivity contribution in [3.63, 3.8) is 0 Å². The van der Waals surface area contributed by atoms with Crippen LogP contribution < -0.4 is 5.32 Å². The van der Waals surface area contributed by atoms with Gasteiger partial charge < -0.3 is 15.3 Å². The van der Waals surface area contributed by atoms with Crippen LogP contribution in [0.4, 0.5) is 0 Å². The molecular weight excluding hydrogens is 444 g/mol. The lowest BCUT2D eigenvalue weighted by molar-refractivity contribution is -0.146. The fourth-order valence-electron chi connectivity index (χ4n) is 4.62. The molecule has 3 aromatic rings. The fraction of sp³-hybridized carbons (Fsp3) is 0.348. The lowest BCUT2D eigenvalue weighted by Gasteiger charge is -2.29. The third-order valence-corrected chi connectivity index (χ3v) is 6.58.